The minimum atomic E-state index is -5.15. The Hall–Kier alpha value is -4.49. The average molecular weight is 677 g/mol. The number of ether oxygens (including phenoxy) is 1. The monoisotopic (exact) mass is 676 g/mol. The van der Waals surface area contributed by atoms with E-state index in [1.807, 2.05) is 0 Å². The van der Waals surface area contributed by atoms with Crippen LogP contribution in [-0.4, -0.2) is 92.4 Å². The smallest absolute Gasteiger partial charge is 0.402 e. The van der Waals surface area contributed by atoms with Crippen LogP contribution in [-0.2, 0) is 13.1 Å². The summed E-state index contributed by atoms with van der Waals surface area (Å²) in [5.74, 6) is -3.51. The number of pyridine rings is 1. The molecule has 0 spiro atoms. The van der Waals surface area contributed by atoms with Gasteiger partial charge < -0.3 is 19.8 Å². The molecule has 2 atom stereocenters. The Morgan fingerprint density at radius 2 is 1.83 bits per heavy atom. The van der Waals surface area contributed by atoms with Gasteiger partial charge in [-0.25, -0.2) is 19.4 Å². The second kappa shape index (κ2) is 12.0. The van der Waals surface area contributed by atoms with Crippen LogP contribution >= 0.6 is 11.6 Å². The van der Waals surface area contributed by atoms with E-state index in [9.17, 15) is 46.1 Å². The van der Waals surface area contributed by atoms with E-state index >= 15 is 0 Å². The van der Waals surface area contributed by atoms with E-state index in [0.29, 0.717) is 13.9 Å². The van der Waals surface area contributed by atoms with Gasteiger partial charge in [-0.05, 0) is 49.7 Å². The summed E-state index contributed by atoms with van der Waals surface area (Å²) >= 11 is 5.91. The van der Waals surface area contributed by atoms with Gasteiger partial charge in [-0.2, -0.15) is 17.9 Å². The third kappa shape index (κ3) is 7.15. The summed E-state index contributed by atoms with van der Waals surface area (Å²) in [6.07, 6.45) is -11.9. The predicted molar refractivity (Wildman–Crippen MR) is 145 cm³/mol. The van der Waals surface area contributed by atoms with Crippen molar-refractivity contribution in [2.24, 2.45) is 0 Å². The van der Waals surface area contributed by atoms with Crippen LogP contribution in [0.4, 0.5) is 26.3 Å². The molecule has 3 aromatic heterocycles. The summed E-state index contributed by atoms with van der Waals surface area (Å²) in [6, 6.07) is 7.61. The number of benzene rings is 1. The zero-order valence-corrected chi connectivity index (χ0v) is 24.3. The van der Waals surface area contributed by atoms with E-state index in [-0.39, 0.29) is 41.7 Å². The highest BCUT2D eigenvalue weighted by atomic mass is 35.5. The molecule has 13 nitrogen and oxygen atoms in total. The van der Waals surface area contributed by atoms with Gasteiger partial charge in [0.25, 0.3) is 5.91 Å². The molecule has 20 heteroatoms. The Kier molecular flexibility index (Phi) is 8.60. The third-order valence-corrected chi connectivity index (χ3v) is 7.06. The molecule has 2 N–H and O–H groups in total. The van der Waals surface area contributed by atoms with Crippen LogP contribution in [0.1, 0.15) is 29.8 Å². The van der Waals surface area contributed by atoms with Crippen molar-refractivity contribution in [2.75, 3.05) is 13.1 Å². The Morgan fingerprint density at radius 1 is 1.13 bits per heavy atom. The molecule has 4 aromatic rings. The lowest BCUT2D eigenvalue weighted by atomic mass is 10.1. The molecule has 246 valence electrons. The Morgan fingerprint density at radius 3 is 2.43 bits per heavy atom. The lowest BCUT2D eigenvalue weighted by Gasteiger charge is -2.19. The number of β-amino-alcohol motifs (C(OH)–C–C–N with tert-alkyl or cyclic N) is 1. The zero-order valence-electron chi connectivity index (χ0n) is 23.5. The number of halogens is 7. The van der Waals surface area contributed by atoms with Crippen molar-refractivity contribution in [2.45, 2.75) is 50.7 Å². The number of aliphatic hydroxyl groups excluding tert-OH is 1. The van der Waals surface area contributed by atoms with Crippen molar-refractivity contribution in [3.63, 3.8) is 0 Å². The van der Waals surface area contributed by atoms with Gasteiger partial charge in [0.15, 0.2) is 29.3 Å². The van der Waals surface area contributed by atoms with Gasteiger partial charge >= 0.3 is 18.2 Å². The number of aliphatic hydroxyl groups is 2. The molecule has 0 bridgehead atoms. The minimum Gasteiger partial charge on any atom is -0.402 e. The molecular weight excluding hydrogens is 654 g/mol. The van der Waals surface area contributed by atoms with Gasteiger partial charge in [0.2, 0.25) is 5.82 Å². The van der Waals surface area contributed by atoms with E-state index in [1.54, 1.807) is 0 Å². The summed E-state index contributed by atoms with van der Waals surface area (Å²) in [5.41, 5.74) is -2.22. The van der Waals surface area contributed by atoms with Crippen LogP contribution in [0.15, 0.2) is 47.4 Å². The van der Waals surface area contributed by atoms with Crippen molar-refractivity contribution in [1.29, 1.82) is 0 Å². The van der Waals surface area contributed by atoms with Crippen LogP contribution in [0.5, 0.6) is 5.75 Å². The maximum atomic E-state index is 13.5. The molecule has 0 aliphatic carbocycles. The third-order valence-electron chi connectivity index (χ3n) is 6.81. The molecular formula is C26H23ClF6N8O5. The summed E-state index contributed by atoms with van der Waals surface area (Å²) in [4.78, 5) is 36.0. The number of alkyl halides is 6. The summed E-state index contributed by atoms with van der Waals surface area (Å²) < 4.78 is 85.2. The maximum Gasteiger partial charge on any atom is 0.573 e. The Labute approximate surface area is 259 Å². The van der Waals surface area contributed by atoms with E-state index in [1.165, 1.54) is 36.1 Å². The van der Waals surface area contributed by atoms with Crippen molar-refractivity contribution >= 4 is 17.5 Å². The molecule has 1 fully saturated rings. The quantitative estimate of drug-likeness (QED) is 0.268. The number of carbonyl (C=O) groups excluding carboxylic acids is 1. The van der Waals surface area contributed by atoms with Gasteiger partial charge in [0.05, 0.1) is 12.1 Å². The van der Waals surface area contributed by atoms with Crippen LogP contribution in [0.2, 0.25) is 5.02 Å². The molecule has 0 radical (unpaired) electrons. The fourth-order valence-corrected chi connectivity index (χ4v) is 4.77. The number of amides is 1. The van der Waals surface area contributed by atoms with Crippen molar-refractivity contribution in [3.05, 3.63) is 69.8 Å². The van der Waals surface area contributed by atoms with E-state index in [4.69, 9.17) is 11.6 Å². The van der Waals surface area contributed by atoms with Crippen molar-refractivity contribution in [1.82, 2.24) is 39.0 Å². The summed E-state index contributed by atoms with van der Waals surface area (Å²) in [5, 5.41) is 28.6. The number of carbonyl (C=O) groups is 1. The van der Waals surface area contributed by atoms with E-state index < -0.39 is 66.3 Å². The zero-order chi connectivity index (χ0) is 33.6. The highest BCUT2D eigenvalue weighted by Crippen LogP contribution is 2.29. The fraction of sp³-hybridized carbons (Fsp3) is 0.385. The molecule has 0 saturated carbocycles. The standard InChI is InChI=1S/C26H23ClF6N8O5/c1-24(45)8-10-38(13-24)22(43)21-35-18(36-41(21)20-16(3-2-9-34-20)46-26(31,32)33)12-40-23(44)39(11-17(42)25(28,29)30)19(37-40)14-4-6-15(27)7-5-14/h2-7,9,17,42,45H,8,10-13H2,1H3/t17-,24?/m0/s1. The summed E-state index contributed by atoms with van der Waals surface area (Å²) in [7, 11) is 0. The summed E-state index contributed by atoms with van der Waals surface area (Å²) in [6.45, 7) is -0.494. The first-order chi connectivity index (χ1) is 21.4. The fourth-order valence-electron chi connectivity index (χ4n) is 4.64. The van der Waals surface area contributed by atoms with Crippen molar-refractivity contribution in [3.8, 4) is 23.0 Å². The topological polar surface area (TPSA) is 153 Å². The largest absolute Gasteiger partial charge is 0.573 e. The Balaban J connectivity index is 1.60. The molecule has 5 rings (SSSR count). The van der Waals surface area contributed by atoms with E-state index in [0.717, 1.165) is 18.3 Å². The van der Waals surface area contributed by atoms with Gasteiger partial charge in [0, 0.05) is 29.9 Å². The van der Waals surface area contributed by atoms with E-state index in [2.05, 4.69) is 24.9 Å². The first-order valence-electron chi connectivity index (χ1n) is 13.3. The first-order valence-corrected chi connectivity index (χ1v) is 13.7. The van der Waals surface area contributed by atoms with Crippen LogP contribution in [0.25, 0.3) is 17.2 Å². The number of nitrogens with zero attached hydrogens (tertiary/aromatic N) is 8. The molecule has 1 aliphatic rings. The van der Waals surface area contributed by atoms with Gasteiger partial charge in [-0.15, -0.1) is 23.4 Å². The molecule has 4 heterocycles. The van der Waals surface area contributed by atoms with Crippen LogP contribution < -0.4 is 10.4 Å². The molecule has 1 unspecified atom stereocenters. The predicted octanol–water partition coefficient (Wildman–Crippen LogP) is 2.81. The number of likely N-dealkylation sites (tertiary alicyclic amines) is 1. The normalized spacial score (nSPS) is 17.8. The van der Waals surface area contributed by atoms with Crippen LogP contribution in [0.3, 0.4) is 0 Å². The second-order valence-electron chi connectivity index (χ2n) is 10.5. The highest BCUT2D eigenvalue weighted by Gasteiger charge is 2.40. The molecule has 1 amide bonds. The molecule has 1 aromatic carbocycles. The van der Waals surface area contributed by atoms with Crippen molar-refractivity contribution < 1.29 is 46.1 Å². The number of hydrogen-bond acceptors (Lipinski definition) is 9. The highest BCUT2D eigenvalue weighted by molar-refractivity contribution is 6.30. The SMILES string of the molecule is CC1(O)CCN(C(=O)c2nc(Cn3nc(-c4ccc(Cl)cc4)n(C[C@H](O)C(F)(F)F)c3=O)nn2-c2ncccc2OC(F)(F)F)C1. The minimum absolute atomic E-state index is 0.0675. The lowest BCUT2D eigenvalue weighted by Crippen LogP contribution is -2.37. The lowest BCUT2D eigenvalue weighted by molar-refractivity contribution is -0.274. The second-order valence-corrected chi connectivity index (χ2v) is 11.0. The molecule has 1 saturated heterocycles. The molecule has 46 heavy (non-hydrogen) atoms. The van der Waals surface area contributed by atoms with Crippen LogP contribution in [0, 0.1) is 0 Å². The number of hydrogen-bond donors (Lipinski definition) is 2. The number of rotatable bonds is 8. The molecule has 1 aliphatic heterocycles. The maximum absolute atomic E-state index is 13.5. The average Bonchev–Trinajstić information content (AvgIpc) is 3.63. The Bertz CT molecular complexity index is 1800. The first kappa shape index (κ1) is 32.9. The van der Waals surface area contributed by atoms with Gasteiger partial charge in [0.1, 0.15) is 6.54 Å². The van der Waals surface area contributed by atoms with Gasteiger partial charge in [-0.3, -0.25) is 9.36 Å². The van der Waals surface area contributed by atoms with Gasteiger partial charge in [-0.1, -0.05) is 11.6 Å². The number of aromatic nitrogens is 7.